The zero-order valence-corrected chi connectivity index (χ0v) is 18.6. The van der Waals surface area contributed by atoms with E-state index in [1.54, 1.807) is 34.8 Å². The van der Waals surface area contributed by atoms with Gasteiger partial charge in [0.15, 0.2) is 0 Å². The summed E-state index contributed by atoms with van der Waals surface area (Å²) in [5.74, 6) is 0.502. The standard InChI is InChI=1S/C22H29N3O4S/c1-15-10-16(2)13-24(12-15)22(27)19-14-23(3)20-7-6-17(11-18(20)21(19)26)30(28,29)25-8-4-5-9-25/h6-7,11,14-16H,4-5,8-10,12-13H2,1-3H3/t15-,16+. The molecule has 0 bridgehead atoms. The lowest BCUT2D eigenvalue weighted by Crippen LogP contribution is -2.44. The van der Waals surface area contributed by atoms with Crippen LogP contribution in [-0.4, -0.2) is 54.3 Å². The Morgan fingerprint density at radius 2 is 1.70 bits per heavy atom. The number of hydrogen-bond acceptors (Lipinski definition) is 4. The highest BCUT2D eigenvalue weighted by molar-refractivity contribution is 7.89. The third-order valence-electron chi connectivity index (χ3n) is 6.25. The van der Waals surface area contributed by atoms with Gasteiger partial charge in [-0.25, -0.2) is 8.42 Å². The van der Waals surface area contributed by atoms with Crippen LogP contribution in [0.3, 0.4) is 0 Å². The largest absolute Gasteiger partial charge is 0.350 e. The summed E-state index contributed by atoms with van der Waals surface area (Å²) in [6.07, 6.45) is 4.34. The minimum Gasteiger partial charge on any atom is -0.350 e. The summed E-state index contributed by atoms with van der Waals surface area (Å²) in [5, 5.41) is 0.265. The predicted octanol–water partition coefficient (Wildman–Crippen LogP) is 2.44. The van der Waals surface area contributed by atoms with Crippen LogP contribution in [0.2, 0.25) is 0 Å². The Balaban J connectivity index is 1.78. The Morgan fingerprint density at radius 1 is 1.07 bits per heavy atom. The molecule has 8 heteroatoms. The molecule has 1 aromatic carbocycles. The molecule has 2 aliphatic heterocycles. The van der Waals surface area contributed by atoms with Gasteiger partial charge in [-0.3, -0.25) is 9.59 Å². The molecule has 1 aromatic heterocycles. The number of fused-ring (bicyclic) bond motifs is 1. The van der Waals surface area contributed by atoms with Crippen molar-refractivity contribution in [3.05, 3.63) is 40.2 Å². The van der Waals surface area contributed by atoms with Gasteiger partial charge in [-0.2, -0.15) is 4.31 Å². The van der Waals surface area contributed by atoms with Gasteiger partial charge in [0.2, 0.25) is 15.5 Å². The number of nitrogens with zero attached hydrogens (tertiary/aromatic N) is 3. The van der Waals surface area contributed by atoms with Crippen molar-refractivity contribution in [1.82, 2.24) is 13.8 Å². The summed E-state index contributed by atoms with van der Waals surface area (Å²) in [6, 6.07) is 4.63. The van der Waals surface area contributed by atoms with Gasteiger partial charge in [0.25, 0.3) is 5.91 Å². The van der Waals surface area contributed by atoms with Gasteiger partial charge in [-0.1, -0.05) is 13.8 Å². The van der Waals surface area contributed by atoms with Crippen LogP contribution >= 0.6 is 0 Å². The smallest absolute Gasteiger partial charge is 0.259 e. The Labute approximate surface area is 177 Å². The maximum Gasteiger partial charge on any atom is 0.259 e. The molecule has 162 valence electrons. The van der Waals surface area contributed by atoms with Gasteiger partial charge in [-0.05, 0) is 49.3 Å². The average Bonchev–Trinajstić information content (AvgIpc) is 3.25. The lowest BCUT2D eigenvalue weighted by molar-refractivity contribution is 0.0621. The normalized spacial score (nSPS) is 23.2. The lowest BCUT2D eigenvalue weighted by Gasteiger charge is -2.35. The molecule has 0 aliphatic carbocycles. The number of aryl methyl sites for hydroxylation is 1. The zero-order chi connectivity index (χ0) is 21.6. The van der Waals surface area contributed by atoms with E-state index in [-0.39, 0.29) is 21.8 Å². The molecule has 0 saturated carbocycles. The first-order valence-corrected chi connectivity index (χ1v) is 12.1. The maximum absolute atomic E-state index is 13.3. The second kappa shape index (κ2) is 7.81. The first-order chi connectivity index (χ1) is 14.2. The molecule has 1 amide bonds. The molecule has 2 saturated heterocycles. The van der Waals surface area contributed by atoms with Gasteiger partial charge >= 0.3 is 0 Å². The molecule has 2 fully saturated rings. The number of benzene rings is 1. The molecule has 3 heterocycles. The third kappa shape index (κ3) is 3.67. The molecular formula is C22H29N3O4S. The fourth-order valence-corrected chi connectivity index (χ4v) is 6.40. The van der Waals surface area contributed by atoms with Crippen molar-refractivity contribution in [2.75, 3.05) is 26.2 Å². The predicted molar refractivity (Wildman–Crippen MR) is 116 cm³/mol. The number of amides is 1. The number of carbonyl (C=O) groups is 1. The number of aromatic nitrogens is 1. The fourth-order valence-electron chi connectivity index (χ4n) is 4.86. The number of hydrogen-bond donors (Lipinski definition) is 0. The molecule has 30 heavy (non-hydrogen) atoms. The Morgan fingerprint density at radius 3 is 2.33 bits per heavy atom. The molecule has 4 rings (SSSR count). The monoisotopic (exact) mass is 431 g/mol. The number of rotatable bonds is 3. The molecular weight excluding hydrogens is 402 g/mol. The molecule has 0 N–H and O–H groups in total. The average molecular weight is 432 g/mol. The van der Waals surface area contributed by atoms with Gasteiger partial charge in [0.05, 0.1) is 10.4 Å². The van der Waals surface area contributed by atoms with Crippen LogP contribution in [0.4, 0.5) is 0 Å². The van der Waals surface area contributed by atoms with Gasteiger partial charge in [0, 0.05) is 44.8 Å². The number of pyridine rings is 1. The number of carbonyl (C=O) groups excluding carboxylic acids is 1. The van der Waals surface area contributed by atoms with Gasteiger partial charge in [0.1, 0.15) is 5.56 Å². The summed E-state index contributed by atoms with van der Waals surface area (Å²) in [6.45, 7) is 6.50. The van der Waals surface area contributed by atoms with Crippen LogP contribution in [0.25, 0.3) is 10.9 Å². The van der Waals surface area contributed by atoms with E-state index in [4.69, 9.17) is 0 Å². The number of piperidine rings is 1. The lowest BCUT2D eigenvalue weighted by atomic mass is 9.91. The highest BCUT2D eigenvalue weighted by Crippen LogP contribution is 2.25. The van der Waals surface area contributed by atoms with Crippen molar-refractivity contribution >= 4 is 26.8 Å². The van der Waals surface area contributed by atoms with Gasteiger partial charge in [-0.15, -0.1) is 0 Å². The molecule has 2 aromatic rings. The fraction of sp³-hybridized carbons (Fsp3) is 0.545. The third-order valence-corrected chi connectivity index (χ3v) is 8.14. The maximum atomic E-state index is 13.3. The van der Waals surface area contributed by atoms with Crippen LogP contribution in [0.1, 0.15) is 43.5 Å². The van der Waals surface area contributed by atoms with Crippen LogP contribution in [0.5, 0.6) is 0 Å². The Bertz CT molecular complexity index is 1140. The topological polar surface area (TPSA) is 79.7 Å². The van der Waals surface area contributed by atoms with Crippen LogP contribution in [-0.2, 0) is 17.1 Å². The second-order valence-electron chi connectivity index (χ2n) is 8.93. The molecule has 2 atom stereocenters. The Kier molecular flexibility index (Phi) is 5.48. The summed E-state index contributed by atoms with van der Waals surface area (Å²) in [7, 11) is -1.87. The molecule has 0 radical (unpaired) electrons. The molecule has 0 unspecified atom stereocenters. The van der Waals surface area contributed by atoms with Gasteiger partial charge < -0.3 is 9.47 Å². The van der Waals surface area contributed by atoms with Crippen molar-refractivity contribution < 1.29 is 13.2 Å². The Hall–Kier alpha value is -2.19. The summed E-state index contributed by atoms with van der Waals surface area (Å²) >= 11 is 0. The summed E-state index contributed by atoms with van der Waals surface area (Å²) in [5.41, 5.74) is 0.303. The number of sulfonamides is 1. The summed E-state index contributed by atoms with van der Waals surface area (Å²) < 4.78 is 29.1. The minimum atomic E-state index is -3.64. The minimum absolute atomic E-state index is 0.0991. The van der Waals surface area contributed by atoms with E-state index in [9.17, 15) is 18.0 Å². The van der Waals surface area contributed by atoms with Crippen molar-refractivity contribution in [2.24, 2.45) is 18.9 Å². The van der Waals surface area contributed by atoms with Crippen LogP contribution in [0.15, 0.2) is 34.1 Å². The van der Waals surface area contributed by atoms with E-state index in [2.05, 4.69) is 13.8 Å². The number of likely N-dealkylation sites (tertiary alicyclic amines) is 1. The quantitative estimate of drug-likeness (QED) is 0.748. The zero-order valence-electron chi connectivity index (χ0n) is 17.8. The highest BCUT2D eigenvalue weighted by Gasteiger charge is 2.30. The van der Waals surface area contributed by atoms with E-state index >= 15 is 0 Å². The summed E-state index contributed by atoms with van der Waals surface area (Å²) in [4.78, 5) is 28.3. The first kappa shape index (κ1) is 21.1. The van der Waals surface area contributed by atoms with Crippen molar-refractivity contribution in [2.45, 2.75) is 38.0 Å². The molecule has 2 aliphatic rings. The van der Waals surface area contributed by atoms with E-state index in [0.717, 1.165) is 19.3 Å². The van der Waals surface area contributed by atoms with E-state index in [0.29, 0.717) is 43.5 Å². The molecule has 0 spiro atoms. The SMILES string of the molecule is C[C@@H]1C[C@H](C)CN(C(=O)c2cn(C)c3ccc(S(=O)(=O)N4CCCC4)cc3c2=O)C1. The van der Waals surface area contributed by atoms with Crippen molar-refractivity contribution in [3.8, 4) is 0 Å². The van der Waals surface area contributed by atoms with Crippen LogP contribution < -0.4 is 5.43 Å². The highest BCUT2D eigenvalue weighted by atomic mass is 32.2. The second-order valence-corrected chi connectivity index (χ2v) is 10.9. The van der Waals surface area contributed by atoms with Crippen LogP contribution in [0, 0.1) is 11.8 Å². The van der Waals surface area contributed by atoms with E-state index in [1.807, 2.05) is 0 Å². The first-order valence-electron chi connectivity index (χ1n) is 10.6. The van der Waals surface area contributed by atoms with Crippen molar-refractivity contribution in [3.63, 3.8) is 0 Å². The van der Waals surface area contributed by atoms with E-state index < -0.39 is 15.5 Å². The van der Waals surface area contributed by atoms with E-state index in [1.165, 1.54) is 10.4 Å². The van der Waals surface area contributed by atoms with Crippen molar-refractivity contribution in [1.29, 1.82) is 0 Å². The molecule has 7 nitrogen and oxygen atoms in total.